The van der Waals surface area contributed by atoms with E-state index >= 15 is 0 Å². The molecule has 0 radical (unpaired) electrons. The maximum absolute atomic E-state index is 9.32. The van der Waals surface area contributed by atoms with Gasteiger partial charge in [0.25, 0.3) is 0 Å². The first kappa shape index (κ1) is 9.96. The standard InChI is InChI=1S/C8H13N3OS/c1-3-10-4-5-11(7-10)13(6-9)8(2)12/h3-5,8,12-13H,1,7H2,2H3. The Morgan fingerprint density at radius 3 is 2.85 bits per heavy atom. The van der Waals surface area contributed by atoms with Crippen LogP contribution < -0.4 is 0 Å². The normalized spacial score (nSPS) is 21.2. The number of nitrogens with zero attached hydrogens (tertiary/aromatic N) is 3. The van der Waals surface area contributed by atoms with E-state index in [0.717, 1.165) is 0 Å². The molecular weight excluding hydrogens is 186 g/mol. The van der Waals surface area contributed by atoms with E-state index in [-0.39, 0.29) is 0 Å². The van der Waals surface area contributed by atoms with Gasteiger partial charge in [-0.25, -0.2) is 0 Å². The Bertz CT molecular complexity index is 259. The molecule has 0 aromatic carbocycles. The fourth-order valence-corrected chi connectivity index (χ4v) is 2.24. The molecule has 0 saturated heterocycles. The van der Waals surface area contributed by atoms with Gasteiger partial charge in [-0.1, -0.05) is 17.7 Å². The molecule has 1 aliphatic heterocycles. The summed E-state index contributed by atoms with van der Waals surface area (Å²) >= 11 is -1.13. The molecule has 0 spiro atoms. The molecular formula is C8H13N3OS. The minimum Gasteiger partial charge on any atom is -0.382 e. The number of hydrogen-bond acceptors (Lipinski definition) is 4. The van der Waals surface area contributed by atoms with Crippen LogP contribution in [0.2, 0.25) is 0 Å². The predicted molar refractivity (Wildman–Crippen MR) is 54.2 cm³/mol. The van der Waals surface area contributed by atoms with Crippen LogP contribution >= 0.6 is 11.1 Å². The number of hydrogen-bond donors (Lipinski definition) is 2. The van der Waals surface area contributed by atoms with Crippen LogP contribution in [0.5, 0.6) is 0 Å². The lowest BCUT2D eigenvalue weighted by Crippen LogP contribution is -2.22. The summed E-state index contributed by atoms with van der Waals surface area (Å²) in [5.74, 6) is 0. The van der Waals surface area contributed by atoms with E-state index in [2.05, 4.69) is 12.0 Å². The summed E-state index contributed by atoms with van der Waals surface area (Å²) in [6.07, 6.45) is 5.33. The molecule has 0 saturated carbocycles. The molecule has 2 atom stereocenters. The molecule has 0 aliphatic carbocycles. The van der Waals surface area contributed by atoms with Gasteiger partial charge in [0.05, 0.1) is 0 Å². The molecule has 5 heteroatoms. The van der Waals surface area contributed by atoms with Crippen LogP contribution in [0.1, 0.15) is 6.92 Å². The Balaban J connectivity index is 2.60. The highest BCUT2D eigenvalue weighted by Gasteiger charge is 2.19. The third-order valence-corrected chi connectivity index (χ3v) is 3.43. The van der Waals surface area contributed by atoms with Gasteiger partial charge >= 0.3 is 0 Å². The quantitative estimate of drug-likeness (QED) is 0.524. The van der Waals surface area contributed by atoms with Crippen molar-refractivity contribution in [2.24, 2.45) is 0 Å². The smallest absolute Gasteiger partial charge is 0.131 e. The molecule has 4 nitrogen and oxygen atoms in total. The van der Waals surface area contributed by atoms with E-state index in [1.165, 1.54) is 0 Å². The average molecular weight is 199 g/mol. The van der Waals surface area contributed by atoms with Gasteiger partial charge in [-0.15, -0.1) is 0 Å². The molecule has 72 valence electrons. The van der Waals surface area contributed by atoms with Crippen LogP contribution in [0, 0.1) is 10.7 Å². The zero-order valence-electron chi connectivity index (χ0n) is 7.46. The monoisotopic (exact) mass is 199 g/mol. The van der Waals surface area contributed by atoms with Gasteiger partial charge in [-0.2, -0.15) is 5.26 Å². The van der Waals surface area contributed by atoms with Crippen molar-refractivity contribution in [3.8, 4) is 5.40 Å². The number of thiocyanates is 1. The van der Waals surface area contributed by atoms with E-state index in [1.54, 1.807) is 13.1 Å². The largest absolute Gasteiger partial charge is 0.382 e. The lowest BCUT2D eigenvalue weighted by atomic mass is 10.8. The molecule has 0 amide bonds. The molecule has 13 heavy (non-hydrogen) atoms. The zero-order chi connectivity index (χ0) is 9.84. The highest BCUT2D eigenvalue weighted by atomic mass is 32.2. The van der Waals surface area contributed by atoms with Crippen molar-refractivity contribution in [1.29, 1.82) is 5.26 Å². The van der Waals surface area contributed by atoms with E-state index < -0.39 is 16.5 Å². The Labute approximate surface area is 80.8 Å². The Morgan fingerprint density at radius 2 is 2.46 bits per heavy atom. The lowest BCUT2D eigenvalue weighted by molar-refractivity contribution is 0.275. The number of thiol groups is 1. The second-order valence-electron chi connectivity index (χ2n) is 2.65. The Morgan fingerprint density at radius 1 is 1.77 bits per heavy atom. The molecule has 0 aromatic heterocycles. The fourth-order valence-electron chi connectivity index (χ4n) is 1.04. The molecule has 1 aliphatic rings. The highest BCUT2D eigenvalue weighted by Crippen LogP contribution is 2.35. The summed E-state index contributed by atoms with van der Waals surface area (Å²) in [6.45, 7) is 5.86. The molecule has 1 N–H and O–H groups in total. The average Bonchev–Trinajstić information content (AvgIpc) is 2.53. The molecule has 1 heterocycles. The summed E-state index contributed by atoms with van der Waals surface area (Å²) < 4.78 is 1.84. The molecule has 0 aromatic rings. The second-order valence-corrected chi connectivity index (χ2v) is 4.80. The van der Waals surface area contributed by atoms with Gasteiger partial charge in [0.2, 0.25) is 0 Å². The minimum absolute atomic E-state index is 0.589. The van der Waals surface area contributed by atoms with Crippen LogP contribution in [0.15, 0.2) is 25.2 Å². The van der Waals surface area contributed by atoms with Crippen molar-refractivity contribution in [3.63, 3.8) is 0 Å². The fraction of sp³-hybridized carbons (Fsp3) is 0.375. The van der Waals surface area contributed by atoms with Crippen molar-refractivity contribution in [2.45, 2.75) is 12.4 Å². The SMILES string of the molecule is C=CN1C=CN([SH](C#N)C(C)O)C1. The number of aliphatic hydroxyl groups is 1. The van der Waals surface area contributed by atoms with Crippen LogP contribution in [0.3, 0.4) is 0 Å². The van der Waals surface area contributed by atoms with Crippen LogP contribution in [0.4, 0.5) is 0 Å². The summed E-state index contributed by atoms with van der Waals surface area (Å²) in [5, 5.41) is 20.2. The summed E-state index contributed by atoms with van der Waals surface area (Å²) in [5.41, 5.74) is -0.589. The molecule has 0 bridgehead atoms. The van der Waals surface area contributed by atoms with E-state index in [4.69, 9.17) is 5.26 Å². The third-order valence-electron chi connectivity index (χ3n) is 1.71. The molecule has 0 fully saturated rings. The van der Waals surface area contributed by atoms with Crippen LogP contribution in [-0.4, -0.2) is 26.4 Å². The number of aliphatic hydroxyl groups excluding tert-OH is 1. The minimum atomic E-state index is -1.13. The van der Waals surface area contributed by atoms with Gasteiger partial charge in [-0.05, 0) is 13.1 Å². The number of nitriles is 1. The van der Waals surface area contributed by atoms with Gasteiger partial charge in [0, 0.05) is 12.4 Å². The van der Waals surface area contributed by atoms with Crippen molar-refractivity contribution >= 4 is 11.1 Å². The first-order valence-electron chi connectivity index (χ1n) is 3.89. The number of rotatable bonds is 3. The molecule has 1 rings (SSSR count). The maximum atomic E-state index is 9.32. The van der Waals surface area contributed by atoms with Crippen molar-refractivity contribution in [2.75, 3.05) is 6.67 Å². The van der Waals surface area contributed by atoms with Crippen molar-refractivity contribution in [3.05, 3.63) is 25.2 Å². The summed E-state index contributed by atoms with van der Waals surface area (Å²) in [6, 6.07) is 0. The van der Waals surface area contributed by atoms with Gasteiger partial charge in [0.15, 0.2) is 0 Å². The van der Waals surface area contributed by atoms with E-state index in [9.17, 15) is 5.11 Å². The maximum Gasteiger partial charge on any atom is 0.131 e. The second kappa shape index (κ2) is 4.21. The first-order valence-corrected chi connectivity index (χ1v) is 5.25. The summed E-state index contributed by atoms with van der Waals surface area (Å²) in [4.78, 5) is 1.86. The van der Waals surface area contributed by atoms with Gasteiger partial charge < -0.3 is 14.3 Å². The lowest BCUT2D eigenvalue weighted by Gasteiger charge is -2.28. The third kappa shape index (κ3) is 2.17. The van der Waals surface area contributed by atoms with Crippen LogP contribution in [0.25, 0.3) is 0 Å². The van der Waals surface area contributed by atoms with Crippen LogP contribution in [-0.2, 0) is 0 Å². The first-order chi connectivity index (χ1) is 6.19. The Kier molecular flexibility index (Phi) is 3.23. The summed E-state index contributed by atoms with van der Waals surface area (Å²) in [7, 11) is 0. The van der Waals surface area contributed by atoms with Gasteiger partial charge in [-0.3, -0.25) is 0 Å². The topological polar surface area (TPSA) is 50.5 Å². The predicted octanol–water partition coefficient (Wildman–Crippen LogP) is 0.912. The van der Waals surface area contributed by atoms with E-state index in [0.29, 0.717) is 6.67 Å². The van der Waals surface area contributed by atoms with Gasteiger partial charge in [0.1, 0.15) is 17.5 Å². The van der Waals surface area contributed by atoms with Crippen molar-refractivity contribution < 1.29 is 5.11 Å². The zero-order valence-corrected chi connectivity index (χ0v) is 8.35. The Hall–Kier alpha value is -1.12. The van der Waals surface area contributed by atoms with E-state index in [1.807, 2.05) is 21.6 Å². The highest BCUT2D eigenvalue weighted by molar-refractivity contribution is 8.19. The molecule has 2 unspecified atom stereocenters. The van der Waals surface area contributed by atoms with Crippen molar-refractivity contribution in [1.82, 2.24) is 9.21 Å².